The monoisotopic (exact) mass is 500 g/mol. The van der Waals surface area contributed by atoms with E-state index in [9.17, 15) is 5.11 Å². The van der Waals surface area contributed by atoms with Crippen LogP contribution in [-0.4, -0.2) is 84.3 Å². The smallest absolute Gasteiger partial charge is 0.175 e. The number of hydrogen-bond donors (Lipinski definition) is 2. The lowest BCUT2D eigenvalue weighted by Crippen LogP contribution is -2.51. The van der Waals surface area contributed by atoms with Crippen LogP contribution in [0.25, 0.3) is 0 Å². The summed E-state index contributed by atoms with van der Waals surface area (Å²) >= 11 is 1.48. The molecule has 3 atom stereocenters. The molecule has 4 aliphatic heterocycles. The number of rotatable bonds is 4. The maximum Gasteiger partial charge on any atom is 0.175 e. The first kappa shape index (κ1) is 23.2. The molecule has 0 aliphatic carbocycles. The van der Waals surface area contributed by atoms with Crippen molar-refractivity contribution >= 4 is 23.4 Å². The van der Waals surface area contributed by atoms with Crippen LogP contribution in [0.1, 0.15) is 25.5 Å². The normalized spacial score (nSPS) is 27.5. The largest absolute Gasteiger partial charge is 0.486 e. The summed E-state index contributed by atoms with van der Waals surface area (Å²) in [5.74, 6) is 2.38. The second-order valence-corrected chi connectivity index (χ2v) is 10.9. The Bertz CT molecular complexity index is 1080. The van der Waals surface area contributed by atoms with Crippen LogP contribution in [-0.2, 0) is 16.1 Å². The maximum absolute atomic E-state index is 10.1. The van der Waals surface area contributed by atoms with Gasteiger partial charge in [0.2, 0.25) is 0 Å². The van der Waals surface area contributed by atoms with Gasteiger partial charge in [0.15, 0.2) is 17.4 Å². The molecule has 0 saturated carbocycles. The van der Waals surface area contributed by atoms with Gasteiger partial charge >= 0.3 is 0 Å². The number of hydrogen-bond acceptors (Lipinski definition) is 11. The van der Waals surface area contributed by atoms with Gasteiger partial charge in [-0.25, -0.2) is 15.0 Å². The highest BCUT2D eigenvalue weighted by Crippen LogP contribution is 2.44. The molecule has 2 aromatic rings. The predicted molar refractivity (Wildman–Crippen MR) is 131 cm³/mol. The average molecular weight is 501 g/mol. The van der Waals surface area contributed by atoms with E-state index in [1.807, 2.05) is 6.07 Å². The Morgan fingerprint density at radius 1 is 1.20 bits per heavy atom. The van der Waals surface area contributed by atoms with E-state index in [0.717, 1.165) is 61.4 Å². The molecule has 6 heterocycles. The van der Waals surface area contributed by atoms with E-state index in [1.165, 1.54) is 11.8 Å². The van der Waals surface area contributed by atoms with Gasteiger partial charge in [0.25, 0.3) is 0 Å². The predicted octanol–water partition coefficient (Wildman–Crippen LogP) is 1.45. The Kier molecular flexibility index (Phi) is 6.21. The maximum atomic E-state index is 10.1. The summed E-state index contributed by atoms with van der Waals surface area (Å²) in [7, 11) is 0. The topological polar surface area (TPSA) is 119 Å². The minimum Gasteiger partial charge on any atom is -0.486 e. The highest BCUT2D eigenvalue weighted by Gasteiger charge is 2.47. The number of aliphatic hydroxyl groups excluding tert-OH is 1. The van der Waals surface area contributed by atoms with Crippen molar-refractivity contribution in [2.75, 3.05) is 55.9 Å². The van der Waals surface area contributed by atoms with Crippen molar-refractivity contribution in [2.24, 2.45) is 11.1 Å². The SMILES string of the molecule is C[C@@H]1OCC2(CCN(c3ncc(Sc4ccnc5c4OC[C@@H]4COCCN54)nc3CO)CC2)[C@@H]1N. The van der Waals surface area contributed by atoms with Crippen LogP contribution in [0.3, 0.4) is 0 Å². The van der Waals surface area contributed by atoms with Gasteiger partial charge in [0.05, 0.1) is 49.7 Å². The van der Waals surface area contributed by atoms with Crippen molar-refractivity contribution in [3.05, 3.63) is 24.2 Å². The summed E-state index contributed by atoms with van der Waals surface area (Å²) in [6, 6.07) is 2.20. The number of pyridine rings is 1. The summed E-state index contributed by atoms with van der Waals surface area (Å²) in [5.41, 5.74) is 7.09. The van der Waals surface area contributed by atoms with Crippen LogP contribution in [0.2, 0.25) is 0 Å². The lowest BCUT2D eigenvalue weighted by Gasteiger charge is -2.41. The number of piperidine rings is 1. The molecule has 1 spiro atoms. The van der Waals surface area contributed by atoms with Gasteiger partial charge in [-0.1, -0.05) is 11.8 Å². The summed E-state index contributed by atoms with van der Waals surface area (Å²) < 4.78 is 17.5. The fourth-order valence-electron chi connectivity index (χ4n) is 5.66. The zero-order valence-electron chi connectivity index (χ0n) is 19.9. The van der Waals surface area contributed by atoms with Gasteiger partial charge < -0.3 is 34.9 Å². The molecule has 0 amide bonds. The van der Waals surface area contributed by atoms with Crippen molar-refractivity contribution in [3.63, 3.8) is 0 Å². The fourth-order valence-corrected chi connectivity index (χ4v) is 6.52. The molecule has 4 aliphatic rings. The fraction of sp³-hybridized carbons (Fsp3) is 0.625. The molecule has 11 heteroatoms. The molecule has 0 radical (unpaired) electrons. The molecule has 0 aromatic carbocycles. The van der Waals surface area contributed by atoms with Crippen LogP contribution in [0.4, 0.5) is 11.6 Å². The first-order valence-electron chi connectivity index (χ1n) is 12.3. The van der Waals surface area contributed by atoms with Crippen LogP contribution in [0, 0.1) is 5.41 Å². The van der Waals surface area contributed by atoms with Crippen molar-refractivity contribution < 1.29 is 19.3 Å². The molecule has 2 aromatic heterocycles. The Morgan fingerprint density at radius 2 is 2.06 bits per heavy atom. The van der Waals surface area contributed by atoms with Gasteiger partial charge in [0, 0.05) is 37.3 Å². The molecule has 188 valence electrons. The third kappa shape index (κ3) is 4.13. The quantitative estimate of drug-likeness (QED) is 0.635. The van der Waals surface area contributed by atoms with E-state index in [4.69, 9.17) is 29.9 Å². The molecular formula is C24H32N6O4S. The van der Waals surface area contributed by atoms with Crippen molar-refractivity contribution in [2.45, 2.75) is 54.5 Å². The third-order valence-electron chi connectivity index (χ3n) is 7.84. The standard InChI is InChI=1S/C24H32N6O4S/c1-15-21(25)24(14-34-15)3-6-29(7-4-24)22-17(11-31)28-19(10-27-22)35-18-2-5-26-23-20(18)33-13-16-12-32-9-8-30(16)23/h2,5,10,15-16,21,31H,3-4,6-9,11-14,25H2,1H3/t15-,16-,21+/m0/s1. The number of aromatic nitrogens is 3. The number of anilines is 2. The molecule has 0 bridgehead atoms. The first-order valence-corrected chi connectivity index (χ1v) is 13.1. The van der Waals surface area contributed by atoms with Gasteiger partial charge in [-0.2, -0.15) is 0 Å². The molecule has 10 nitrogen and oxygen atoms in total. The number of nitrogens with zero attached hydrogens (tertiary/aromatic N) is 5. The Labute approximate surface area is 209 Å². The number of morpholine rings is 1. The van der Waals surface area contributed by atoms with E-state index in [2.05, 4.69) is 21.7 Å². The summed E-state index contributed by atoms with van der Waals surface area (Å²) in [6.07, 6.45) is 5.58. The van der Waals surface area contributed by atoms with Crippen molar-refractivity contribution in [1.82, 2.24) is 15.0 Å². The highest BCUT2D eigenvalue weighted by atomic mass is 32.2. The molecule has 0 unspecified atom stereocenters. The molecule has 6 rings (SSSR count). The second-order valence-electron chi connectivity index (χ2n) is 9.82. The third-order valence-corrected chi connectivity index (χ3v) is 8.79. The summed E-state index contributed by atoms with van der Waals surface area (Å²) in [5, 5.41) is 10.8. The number of aliphatic hydroxyl groups is 1. The summed E-state index contributed by atoms with van der Waals surface area (Å²) in [4.78, 5) is 19.5. The zero-order valence-corrected chi connectivity index (χ0v) is 20.7. The molecule has 3 saturated heterocycles. The Balaban J connectivity index is 1.19. The van der Waals surface area contributed by atoms with E-state index in [-0.39, 0.29) is 30.2 Å². The first-order chi connectivity index (χ1) is 17.1. The number of fused-ring (bicyclic) bond motifs is 3. The van der Waals surface area contributed by atoms with E-state index >= 15 is 0 Å². The number of nitrogens with two attached hydrogens (primary N) is 1. The Hall–Kier alpha value is -2.18. The number of ether oxygens (including phenoxy) is 3. The van der Waals surface area contributed by atoms with E-state index in [0.29, 0.717) is 30.5 Å². The lowest BCUT2D eigenvalue weighted by molar-refractivity contribution is 0.0689. The van der Waals surface area contributed by atoms with E-state index in [1.54, 1.807) is 12.4 Å². The van der Waals surface area contributed by atoms with Gasteiger partial charge in [-0.05, 0) is 25.8 Å². The molecule has 35 heavy (non-hydrogen) atoms. The Morgan fingerprint density at radius 3 is 2.83 bits per heavy atom. The van der Waals surface area contributed by atoms with E-state index < -0.39 is 0 Å². The van der Waals surface area contributed by atoms with Gasteiger partial charge in [-0.3, -0.25) is 0 Å². The van der Waals surface area contributed by atoms with Crippen LogP contribution in [0.15, 0.2) is 28.4 Å². The van der Waals surface area contributed by atoms with Crippen molar-refractivity contribution in [1.29, 1.82) is 0 Å². The minimum atomic E-state index is -0.168. The van der Waals surface area contributed by atoms with Gasteiger partial charge in [0.1, 0.15) is 17.3 Å². The second kappa shape index (κ2) is 9.36. The molecule has 3 N–H and O–H groups in total. The molecular weight excluding hydrogens is 468 g/mol. The van der Waals surface area contributed by atoms with Crippen LogP contribution >= 0.6 is 11.8 Å². The van der Waals surface area contributed by atoms with Crippen LogP contribution in [0.5, 0.6) is 5.75 Å². The average Bonchev–Trinajstić information content (AvgIpc) is 3.17. The van der Waals surface area contributed by atoms with Crippen LogP contribution < -0.4 is 20.3 Å². The zero-order chi connectivity index (χ0) is 24.0. The summed E-state index contributed by atoms with van der Waals surface area (Å²) in [6.45, 7) is 6.98. The molecule has 3 fully saturated rings. The van der Waals surface area contributed by atoms with Gasteiger partial charge in [-0.15, -0.1) is 0 Å². The highest BCUT2D eigenvalue weighted by molar-refractivity contribution is 7.99. The van der Waals surface area contributed by atoms with Crippen molar-refractivity contribution in [3.8, 4) is 5.75 Å². The minimum absolute atomic E-state index is 0.0401. The lowest BCUT2D eigenvalue weighted by atomic mass is 9.73.